The molecule has 2 aliphatic heterocycles. The van der Waals surface area contributed by atoms with Gasteiger partial charge in [-0.2, -0.15) is 44.6 Å². The third kappa shape index (κ3) is 6.83. The average molecular weight is 619 g/mol. The van der Waals surface area contributed by atoms with Crippen LogP contribution in [0.3, 0.4) is 0 Å². The molecule has 0 fully saturated rings. The number of carboxylic acid groups (broad SMARTS) is 1. The first-order chi connectivity index (χ1) is 19.3. The molecule has 42 heavy (non-hydrogen) atoms. The maximum absolute atomic E-state index is 14.5. The van der Waals surface area contributed by atoms with E-state index in [1.165, 1.54) is 12.1 Å². The van der Waals surface area contributed by atoms with Crippen molar-refractivity contribution >= 4 is 22.9 Å². The number of anilines is 1. The number of halogens is 11. The first-order valence-electron chi connectivity index (χ1n) is 11.8. The second kappa shape index (κ2) is 11.9. The Morgan fingerprint density at radius 3 is 1.95 bits per heavy atom. The lowest BCUT2D eigenvalue weighted by atomic mass is 9.89. The Labute approximate surface area is 229 Å². The van der Waals surface area contributed by atoms with E-state index < -0.39 is 65.6 Å². The highest BCUT2D eigenvalue weighted by atomic mass is 19.4. The van der Waals surface area contributed by atoms with Crippen molar-refractivity contribution in [1.82, 2.24) is 5.32 Å². The van der Waals surface area contributed by atoms with Crippen LogP contribution in [0, 0.1) is 11.6 Å². The molecule has 2 aromatic carbocycles. The Morgan fingerprint density at radius 2 is 1.50 bits per heavy atom. The van der Waals surface area contributed by atoms with E-state index in [9.17, 15) is 53.4 Å². The van der Waals surface area contributed by atoms with E-state index in [-0.39, 0.29) is 5.56 Å². The van der Waals surface area contributed by atoms with Gasteiger partial charge in [-0.15, -0.1) is 0 Å². The molecule has 6 nitrogen and oxygen atoms in total. The van der Waals surface area contributed by atoms with Crippen LogP contribution in [0.25, 0.3) is 5.57 Å². The lowest BCUT2D eigenvalue weighted by molar-refractivity contribution is -0.338. The maximum atomic E-state index is 14.5. The van der Waals surface area contributed by atoms with E-state index >= 15 is 0 Å². The van der Waals surface area contributed by atoms with Gasteiger partial charge >= 0.3 is 24.5 Å². The zero-order chi connectivity index (χ0) is 31.7. The summed E-state index contributed by atoms with van der Waals surface area (Å²) in [4.78, 5) is 8.90. The fraction of sp³-hybridized carbons (Fsp3) is 0.360. The molecule has 0 radical (unpaired) electrons. The lowest BCUT2D eigenvalue weighted by Gasteiger charge is -2.32. The van der Waals surface area contributed by atoms with Crippen LogP contribution < -0.4 is 10.3 Å². The van der Waals surface area contributed by atoms with Crippen LogP contribution >= 0.6 is 0 Å². The molecule has 0 aromatic heterocycles. The molecule has 2 heterocycles. The molecule has 0 spiro atoms. The monoisotopic (exact) mass is 619 g/mol. The van der Waals surface area contributed by atoms with Gasteiger partial charge in [0.05, 0.1) is 17.4 Å². The van der Waals surface area contributed by atoms with E-state index in [4.69, 9.17) is 9.90 Å². The topological polar surface area (TPSA) is 85.2 Å². The number of rotatable bonds is 4. The minimum Gasteiger partial charge on any atom is -0.475 e. The van der Waals surface area contributed by atoms with Crippen molar-refractivity contribution in [3.63, 3.8) is 0 Å². The van der Waals surface area contributed by atoms with Crippen molar-refractivity contribution in [2.75, 3.05) is 18.1 Å². The van der Waals surface area contributed by atoms with Crippen molar-refractivity contribution < 1.29 is 63.3 Å². The van der Waals surface area contributed by atoms with Gasteiger partial charge in [0, 0.05) is 19.0 Å². The Bertz CT molecular complexity index is 1340. The largest absolute Gasteiger partial charge is 0.490 e. The highest BCUT2D eigenvalue weighted by Gasteiger charge is 2.74. The number of aliphatic hydroxyl groups is 1. The third-order valence-electron chi connectivity index (χ3n) is 6.28. The molecule has 0 aliphatic carbocycles. The Kier molecular flexibility index (Phi) is 9.26. The summed E-state index contributed by atoms with van der Waals surface area (Å²) < 4.78 is 141. The lowest BCUT2D eigenvalue weighted by Crippen LogP contribution is -2.62. The highest BCUT2D eigenvalue weighted by molar-refractivity contribution is 5.97. The molecule has 0 saturated carbocycles. The number of alkyl halides is 9. The number of nitrogens with one attached hydrogen (secondary N) is 1. The standard InChI is InChI=1S/C23H19F8N3O.C2HF3O2/c24-16-5-6-18(17(25)11-16)34-19(12-20(33-34)21(35,22(26,27)28)23(29,30)31)15-3-1-13(2-4-15)14-7-9-32-10-8-14;3-2(4,5)1(6)7/h1-7,11,19,32,35H,8-10,12H2;(H,6,7). The second-order valence-corrected chi connectivity index (χ2v) is 9.02. The minimum absolute atomic E-state index is 0.234. The summed E-state index contributed by atoms with van der Waals surface area (Å²) in [5, 5.41) is 24.2. The highest BCUT2D eigenvalue weighted by Crippen LogP contribution is 2.49. The Hall–Kier alpha value is -3.73. The summed E-state index contributed by atoms with van der Waals surface area (Å²) in [6, 6.07) is 7.08. The predicted molar refractivity (Wildman–Crippen MR) is 126 cm³/mol. The number of carbonyl (C=O) groups is 1. The van der Waals surface area contributed by atoms with Gasteiger partial charge < -0.3 is 15.5 Å². The van der Waals surface area contributed by atoms with E-state index in [2.05, 4.69) is 10.4 Å². The minimum atomic E-state index is -6.14. The Balaban J connectivity index is 0.000000616. The third-order valence-corrected chi connectivity index (χ3v) is 6.28. The van der Waals surface area contributed by atoms with Crippen LogP contribution in [-0.2, 0) is 4.79 Å². The van der Waals surface area contributed by atoms with E-state index in [1.807, 2.05) is 6.08 Å². The summed E-state index contributed by atoms with van der Waals surface area (Å²) >= 11 is 0. The van der Waals surface area contributed by atoms with E-state index in [0.29, 0.717) is 17.6 Å². The molecule has 230 valence electrons. The van der Waals surface area contributed by atoms with E-state index in [0.717, 1.165) is 36.2 Å². The molecular weight excluding hydrogens is 599 g/mol. The van der Waals surface area contributed by atoms with Crippen molar-refractivity contribution in [3.8, 4) is 0 Å². The molecule has 2 aromatic rings. The predicted octanol–water partition coefficient (Wildman–Crippen LogP) is 6.14. The molecule has 1 unspecified atom stereocenters. The van der Waals surface area contributed by atoms with Gasteiger partial charge in [-0.3, -0.25) is 5.01 Å². The molecule has 3 N–H and O–H groups in total. The van der Waals surface area contributed by atoms with Crippen LogP contribution in [0.4, 0.5) is 54.0 Å². The molecule has 0 bridgehead atoms. The molecular formula is C25H20F11N3O3. The molecule has 0 amide bonds. The van der Waals surface area contributed by atoms with Crippen LogP contribution in [-0.4, -0.2) is 59.1 Å². The van der Waals surface area contributed by atoms with Crippen LogP contribution in [0.5, 0.6) is 0 Å². The van der Waals surface area contributed by atoms with Crippen LogP contribution in [0.15, 0.2) is 53.6 Å². The van der Waals surface area contributed by atoms with Gasteiger partial charge in [-0.05, 0) is 41.8 Å². The number of aliphatic carboxylic acids is 1. The normalized spacial score (nSPS) is 18.2. The number of nitrogens with zero attached hydrogens (tertiary/aromatic N) is 2. The van der Waals surface area contributed by atoms with Crippen LogP contribution in [0.1, 0.15) is 30.0 Å². The first kappa shape index (κ1) is 32.8. The van der Waals surface area contributed by atoms with Gasteiger partial charge in [-0.25, -0.2) is 13.6 Å². The van der Waals surface area contributed by atoms with Crippen molar-refractivity contribution in [3.05, 3.63) is 71.3 Å². The SMILES string of the molecule is O=C(O)C(F)(F)F.OC(C1=NN(c2ccc(F)cc2F)C(c2ccc(C3=CCNCC3)cc2)C1)(C(F)(F)F)C(F)(F)F. The van der Waals surface area contributed by atoms with Crippen LogP contribution in [0.2, 0.25) is 0 Å². The van der Waals surface area contributed by atoms with Gasteiger partial charge in [0.2, 0.25) is 0 Å². The van der Waals surface area contributed by atoms with Crippen molar-refractivity contribution in [2.24, 2.45) is 5.10 Å². The molecule has 4 rings (SSSR count). The second-order valence-electron chi connectivity index (χ2n) is 9.02. The summed E-state index contributed by atoms with van der Waals surface area (Å²) in [5.41, 5.74) is -5.36. The zero-order valence-corrected chi connectivity index (χ0v) is 20.9. The number of hydrogen-bond donors (Lipinski definition) is 3. The summed E-state index contributed by atoms with van der Waals surface area (Å²) in [5.74, 6) is -4.99. The number of hydrazone groups is 1. The Morgan fingerprint density at radius 1 is 0.929 bits per heavy atom. The average Bonchev–Trinajstić information content (AvgIpc) is 3.32. The number of carboxylic acids is 1. The maximum Gasteiger partial charge on any atom is 0.490 e. The summed E-state index contributed by atoms with van der Waals surface area (Å²) in [6.45, 7) is 1.40. The van der Waals surface area contributed by atoms with Crippen molar-refractivity contribution in [1.29, 1.82) is 0 Å². The summed E-state index contributed by atoms with van der Waals surface area (Å²) in [7, 11) is 0. The quantitative estimate of drug-likeness (QED) is 0.359. The smallest absolute Gasteiger partial charge is 0.475 e. The van der Waals surface area contributed by atoms with E-state index in [1.54, 1.807) is 12.1 Å². The molecule has 0 saturated heterocycles. The first-order valence-corrected chi connectivity index (χ1v) is 11.8. The van der Waals surface area contributed by atoms with Gasteiger partial charge in [0.15, 0.2) is 5.82 Å². The number of hydrogen-bond acceptors (Lipinski definition) is 5. The van der Waals surface area contributed by atoms with Gasteiger partial charge in [0.1, 0.15) is 5.82 Å². The zero-order valence-electron chi connectivity index (χ0n) is 20.9. The molecule has 2 aliphatic rings. The summed E-state index contributed by atoms with van der Waals surface area (Å²) in [6.07, 6.45) is -15.7. The fourth-order valence-electron chi connectivity index (χ4n) is 4.17. The molecule has 17 heteroatoms. The van der Waals surface area contributed by atoms with Gasteiger partial charge in [-0.1, -0.05) is 30.3 Å². The number of benzene rings is 2. The fourth-order valence-corrected chi connectivity index (χ4v) is 4.17. The molecule has 1 atom stereocenters. The van der Waals surface area contributed by atoms with Gasteiger partial charge in [0.25, 0.3) is 5.60 Å². The van der Waals surface area contributed by atoms with Crippen molar-refractivity contribution in [2.45, 2.75) is 43.0 Å².